The predicted octanol–water partition coefficient (Wildman–Crippen LogP) is -0.371. The lowest BCUT2D eigenvalue weighted by atomic mass is 10.1. The maximum atomic E-state index is 11.4. The number of amides is 2. The highest BCUT2D eigenvalue weighted by Crippen LogP contribution is 2.05. The summed E-state index contributed by atoms with van der Waals surface area (Å²) in [6.45, 7) is 0.214. The van der Waals surface area contributed by atoms with Gasteiger partial charge < -0.3 is 21.1 Å². The molecule has 0 aliphatic carbocycles. The van der Waals surface area contributed by atoms with Crippen LogP contribution in [0.25, 0.3) is 0 Å². The summed E-state index contributed by atoms with van der Waals surface area (Å²) < 4.78 is 4.60. The molecule has 2 amide bonds. The van der Waals surface area contributed by atoms with Crippen molar-refractivity contribution in [3.8, 4) is 0 Å². The number of hydrogen-bond donors (Lipinski definition) is 3. The van der Waals surface area contributed by atoms with Gasteiger partial charge in [0.05, 0.1) is 25.8 Å². The molecule has 0 heterocycles. The Morgan fingerprint density at radius 3 is 2.27 bits per heavy atom. The van der Waals surface area contributed by atoms with Crippen LogP contribution in [0.5, 0.6) is 0 Å². The molecule has 0 radical (unpaired) electrons. The molecule has 22 heavy (non-hydrogen) atoms. The smallest absolute Gasteiger partial charge is 0.337 e. The molecule has 1 aromatic carbocycles. The van der Waals surface area contributed by atoms with Crippen LogP contribution in [0.15, 0.2) is 24.3 Å². The number of halogens is 1. The average molecular weight is 330 g/mol. The van der Waals surface area contributed by atoms with Crippen LogP contribution in [-0.4, -0.2) is 44.5 Å². The Labute approximate surface area is 135 Å². The summed E-state index contributed by atoms with van der Waals surface area (Å²) in [5.74, 6) is -1.03. The second-order valence-corrected chi connectivity index (χ2v) is 4.27. The number of nitrogens with one attached hydrogen (secondary N) is 2. The van der Waals surface area contributed by atoms with Gasteiger partial charge in [-0.3, -0.25) is 9.59 Å². The molecule has 1 aromatic rings. The fourth-order valence-electron chi connectivity index (χ4n) is 1.59. The Balaban J connectivity index is 0.00000441. The molecule has 0 bridgehead atoms. The summed E-state index contributed by atoms with van der Waals surface area (Å²) >= 11 is 0. The first-order valence-corrected chi connectivity index (χ1v) is 6.47. The molecule has 8 heteroatoms. The highest BCUT2D eigenvalue weighted by Gasteiger charge is 2.05. The molecular formula is C14H20ClN3O4. The van der Waals surface area contributed by atoms with Crippen molar-refractivity contribution in [3.05, 3.63) is 35.4 Å². The second-order valence-electron chi connectivity index (χ2n) is 4.27. The summed E-state index contributed by atoms with van der Waals surface area (Å²) in [6, 6.07) is 6.94. The molecule has 4 N–H and O–H groups in total. The topological polar surface area (TPSA) is 111 Å². The van der Waals surface area contributed by atoms with Crippen LogP contribution in [0.3, 0.4) is 0 Å². The standard InChI is InChI=1S/C14H19N3O4.ClH/c1-21-14(20)11-4-2-10(3-5-11)6-7-16-13(19)9-17-12(18)8-15;/h2-5H,6-9,15H2,1H3,(H,16,19)(H,17,18);1H. The molecule has 7 nitrogen and oxygen atoms in total. The van der Waals surface area contributed by atoms with Gasteiger partial charge in [0.1, 0.15) is 0 Å². The minimum atomic E-state index is -0.384. The van der Waals surface area contributed by atoms with Crippen LogP contribution in [0, 0.1) is 0 Å². The van der Waals surface area contributed by atoms with E-state index in [1.54, 1.807) is 24.3 Å². The second kappa shape index (κ2) is 10.6. The van der Waals surface area contributed by atoms with Crippen molar-refractivity contribution in [1.82, 2.24) is 10.6 Å². The SMILES string of the molecule is COC(=O)c1ccc(CCNC(=O)CNC(=O)CN)cc1.Cl. The van der Waals surface area contributed by atoms with E-state index in [0.717, 1.165) is 5.56 Å². The van der Waals surface area contributed by atoms with Gasteiger partial charge in [-0.25, -0.2) is 4.79 Å². The van der Waals surface area contributed by atoms with E-state index in [0.29, 0.717) is 18.5 Å². The van der Waals surface area contributed by atoms with E-state index >= 15 is 0 Å². The summed E-state index contributed by atoms with van der Waals surface area (Å²) in [7, 11) is 1.33. The number of carbonyl (C=O) groups is 3. The molecule has 0 aromatic heterocycles. The average Bonchev–Trinajstić information content (AvgIpc) is 2.52. The summed E-state index contributed by atoms with van der Waals surface area (Å²) in [5.41, 5.74) is 6.56. The van der Waals surface area contributed by atoms with Crippen molar-refractivity contribution in [2.24, 2.45) is 5.73 Å². The Hall–Kier alpha value is -2.12. The van der Waals surface area contributed by atoms with E-state index in [4.69, 9.17) is 5.73 Å². The van der Waals surface area contributed by atoms with E-state index in [1.165, 1.54) is 7.11 Å². The van der Waals surface area contributed by atoms with Crippen LogP contribution >= 0.6 is 12.4 Å². The first-order valence-electron chi connectivity index (χ1n) is 6.47. The summed E-state index contributed by atoms with van der Waals surface area (Å²) in [6.07, 6.45) is 0.623. The quantitative estimate of drug-likeness (QED) is 0.591. The van der Waals surface area contributed by atoms with Crippen molar-refractivity contribution < 1.29 is 19.1 Å². The monoisotopic (exact) mass is 329 g/mol. The van der Waals surface area contributed by atoms with Gasteiger partial charge in [-0.15, -0.1) is 12.4 Å². The molecule has 0 fully saturated rings. The van der Waals surface area contributed by atoms with Crippen LogP contribution in [0.2, 0.25) is 0 Å². The van der Waals surface area contributed by atoms with Crippen molar-refractivity contribution >= 4 is 30.2 Å². The summed E-state index contributed by atoms with van der Waals surface area (Å²) in [5, 5.41) is 5.05. The lowest BCUT2D eigenvalue weighted by Crippen LogP contribution is -2.40. The number of carbonyl (C=O) groups excluding carboxylic acids is 3. The minimum Gasteiger partial charge on any atom is -0.465 e. The molecule has 122 valence electrons. The number of hydrogen-bond acceptors (Lipinski definition) is 5. The fraction of sp³-hybridized carbons (Fsp3) is 0.357. The highest BCUT2D eigenvalue weighted by molar-refractivity contribution is 5.89. The molecule has 0 saturated heterocycles. The van der Waals surface area contributed by atoms with Gasteiger partial charge in [0.15, 0.2) is 0 Å². The van der Waals surface area contributed by atoms with E-state index in [9.17, 15) is 14.4 Å². The number of benzene rings is 1. The van der Waals surface area contributed by atoms with Crippen molar-refractivity contribution in [1.29, 1.82) is 0 Å². The van der Waals surface area contributed by atoms with Crippen molar-refractivity contribution in [3.63, 3.8) is 0 Å². The fourth-order valence-corrected chi connectivity index (χ4v) is 1.59. The zero-order chi connectivity index (χ0) is 15.7. The molecule has 0 spiro atoms. The molecule has 0 aliphatic heterocycles. The van der Waals surface area contributed by atoms with Gasteiger partial charge in [-0.05, 0) is 24.1 Å². The Bertz CT molecular complexity index is 505. The molecule has 0 atom stereocenters. The van der Waals surface area contributed by atoms with E-state index < -0.39 is 0 Å². The zero-order valence-corrected chi connectivity index (χ0v) is 13.1. The molecule has 1 rings (SSSR count). The van der Waals surface area contributed by atoms with Gasteiger partial charge in [0.25, 0.3) is 0 Å². The van der Waals surface area contributed by atoms with Gasteiger partial charge in [0.2, 0.25) is 11.8 Å². The third kappa shape index (κ3) is 7.05. The maximum Gasteiger partial charge on any atom is 0.337 e. The third-order valence-electron chi connectivity index (χ3n) is 2.74. The molecule has 0 unspecified atom stereocenters. The van der Waals surface area contributed by atoms with Crippen molar-refractivity contribution in [2.45, 2.75) is 6.42 Å². The zero-order valence-electron chi connectivity index (χ0n) is 12.3. The largest absolute Gasteiger partial charge is 0.465 e. The van der Waals surface area contributed by atoms with Crippen LogP contribution in [0.1, 0.15) is 15.9 Å². The molecule has 0 saturated carbocycles. The number of ether oxygens (including phenoxy) is 1. The Morgan fingerprint density at radius 2 is 1.73 bits per heavy atom. The number of rotatable bonds is 7. The van der Waals surface area contributed by atoms with Gasteiger partial charge in [-0.2, -0.15) is 0 Å². The van der Waals surface area contributed by atoms with E-state index in [-0.39, 0.29) is 43.3 Å². The van der Waals surface area contributed by atoms with Crippen LogP contribution in [-0.2, 0) is 20.7 Å². The summed E-state index contributed by atoms with van der Waals surface area (Å²) in [4.78, 5) is 33.5. The van der Waals surface area contributed by atoms with Gasteiger partial charge >= 0.3 is 5.97 Å². The number of esters is 1. The first-order chi connectivity index (χ1) is 10.1. The van der Waals surface area contributed by atoms with Crippen molar-refractivity contribution in [2.75, 3.05) is 26.7 Å². The maximum absolute atomic E-state index is 11.4. The van der Waals surface area contributed by atoms with Gasteiger partial charge in [0, 0.05) is 6.54 Å². The van der Waals surface area contributed by atoms with Crippen LogP contribution < -0.4 is 16.4 Å². The Morgan fingerprint density at radius 1 is 1.09 bits per heavy atom. The van der Waals surface area contributed by atoms with E-state index in [2.05, 4.69) is 15.4 Å². The highest BCUT2D eigenvalue weighted by atomic mass is 35.5. The molecule has 0 aliphatic rings. The first kappa shape index (κ1) is 19.9. The lowest BCUT2D eigenvalue weighted by molar-refractivity contribution is -0.125. The van der Waals surface area contributed by atoms with Gasteiger partial charge in [-0.1, -0.05) is 12.1 Å². The number of nitrogens with two attached hydrogens (primary N) is 1. The Kier molecular flexibility index (Phi) is 9.56. The lowest BCUT2D eigenvalue weighted by Gasteiger charge is -2.07. The predicted molar refractivity (Wildman–Crippen MR) is 83.8 cm³/mol. The number of methoxy groups -OCH3 is 1. The van der Waals surface area contributed by atoms with Crippen LogP contribution in [0.4, 0.5) is 0 Å². The third-order valence-corrected chi connectivity index (χ3v) is 2.74. The normalized spacial score (nSPS) is 9.36. The molecular weight excluding hydrogens is 310 g/mol. The van der Waals surface area contributed by atoms with E-state index in [1.807, 2.05) is 0 Å². The minimum absolute atomic E-state index is 0.